The number of aliphatic hydroxyl groups is 1. The summed E-state index contributed by atoms with van der Waals surface area (Å²) >= 11 is 0. The lowest BCUT2D eigenvalue weighted by molar-refractivity contribution is -0.00998. The summed E-state index contributed by atoms with van der Waals surface area (Å²) in [6.45, 7) is 6.21. The molecule has 0 aliphatic carbocycles. The smallest absolute Gasteiger partial charge is 0.0629 e. The monoisotopic (exact) mass is 257 g/mol. The van der Waals surface area contributed by atoms with Crippen molar-refractivity contribution in [3.05, 3.63) is 0 Å². The van der Waals surface area contributed by atoms with Gasteiger partial charge in [-0.2, -0.15) is 0 Å². The summed E-state index contributed by atoms with van der Waals surface area (Å²) in [4.78, 5) is 4.97. The van der Waals surface area contributed by atoms with Crippen LogP contribution in [-0.2, 0) is 4.74 Å². The molecule has 2 fully saturated rings. The summed E-state index contributed by atoms with van der Waals surface area (Å²) in [5.41, 5.74) is 6.13. The Morgan fingerprint density at radius 2 is 2.22 bits per heavy atom. The Morgan fingerprint density at radius 1 is 1.44 bits per heavy atom. The van der Waals surface area contributed by atoms with Crippen molar-refractivity contribution in [3.63, 3.8) is 0 Å². The molecule has 3 N–H and O–H groups in total. The van der Waals surface area contributed by atoms with E-state index >= 15 is 0 Å². The Bertz CT molecular complexity index is 265. The molecule has 2 rings (SSSR count). The summed E-state index contributed by atoms with van der Waals surface area (Å²) in [7, 11) is 1.66. The summed E-state index contributed by atoms with van der Waals surface area (Å²) in [5.74, 6) is 0. The molecule has 4 unspecified atom stereocenters. The molecule has 0 radical (unpaired) electrons. The average Bonchev–Trinajstić information content (AvgIpc) is 2.77. The first-order chi connectivity index (χ1) is 8.67. The Hall–Kier alpha value is -0.200. The van der Waals surface area contributed by atoms with Gasteiger partial charge in [-0.1, -0.05) is 0 Å². The van der Waals surface area contributed by atoms with Gasteiger partial charge in [0.15, 0.2) is 0 Å². The highest BCUT2D eigenvalue weighted by molar-refractivity contribution is 4.95. The van der Waals surface area contributed by atoms with E-state index in [2.05, 4.69) is 16.7 Å². The molecule has 2 saturated heterocycles. The molecule has 5 heteroatoms. The zero-order valence-corrected chi connectivity index (χ0v) is 11.6. The number of hydrogen-bond acceptors (Lipinski definition) is 5. The first-order valence-corrected chi connectivity index (χ1v) is 7.02. The van der Waals surface area contributed by atoms with Gasteiger partial charge in [0, 0.05) is 38.3 Å². The highest BCUT2D eigenvalue weighted by atomic mass is 16.5. The van der Waals surface area contributed by atoms with E-state index in [1.807, 2.05) is 0 Å². The van der Waals surface area contributed by atoms with Crippen molar-refractivity contribution in [3.8, 4) is 0 Å². The second-order valence-corrected chi connectivity index (χ2v) is 5.71. The van der Waals surface area contributed by atoms with Crippen LogP contribution in [0.2, 0.25) is 0 Å². The number of methoxy groups -OCH3 is 1. The first kappa shape index (κ1) is 14.2. The number of piperazine rings is 1. The van der Waals surface area contributed by atoms with Gasteiger partial charge in [-0.25, -0.2) is 0 Å². The van der Waals surface area contributed by atoms with Crippen molar-refractivity contribution in [2.45, 2.75) is 43.9 Å². The highest BCUT2D eigenvalue weighted by Gasteiger charge is 2.38. The molecule has 0 bridgehead atoms. The normalized spacial score (nSPS) is 33.3. The predicted molar refractivity (Wildman–Crippen MR) is 71.5 cm³/mol. The average molecular weight is 257 g/mol. The molecule has 0 aromatic carbocycles. The molecule has 0 amide bonds. The zero-order chi connectivity index (χ0) is 13.1. The number of hydrogen-bond donors (Lipinski definition) is 2. The maximum absolute atomic E-state index is 9.64. The summed E-state index contributed by atoms with van der Waals surface area (Å²) < 4.78 is 5.13. The van der Waals surface area contributed by atoms with E-state index in [9.17, 15) is 5.11 Å². The Morgan fingerprint density at radius 3 is 2.89 bits per heavy atom. The molecule has 18 heavy (non-hydrogen) atoms. The lowest BCUT2D eigenvalue weighted by Gasteiger charge is -2.47. The van der Waals surface area contributed by atoms with Crippen molar-refractivity contribution in [2.24, 2.45) is 5.73 Å². The minimum Gasteiger partial charge on any atom is -0.395 e. The van der Waals surface area contributed by atoms with E-state index in [-0.39, 0.29) is 18.7 Å². The SMILES string of the molecule is COCC(N)C(CO)N1CC2CCCN2CC1C. The van der Waals surface area contributed by atoms with Gasteiger partial charge in [0.25, 0.3) is 0 Å². The van der Waals surface area contributed by atoms with E-state index in [1.54, 1.807) is 7.11 Å². The maximum atomic E-state index is 9.64. The standard InChI is InChI=1S/C13H27N3O2/c1-10-6-15-5-3-4-11(15)7-16(10)13(8-17)12(14)9-18-2/h10-13,17H,3-9,14H2,1-2H3. The number of ether oxygens (including phenoxy) is 1. The number of nitrogens with two attached hydrogens (primary N) is 1. The number of fused-ring (bicyclic) bond motifs is 1. The van der Waals surface area contributed by atoms with Gasteiger partial charge in [0.05, 0.1) is 19.3 Å². The van der Waals surface area contributed by atoms with Gasteiger partial charge in [0.2, 0.25) is 0 Å². The summed E-state index contributed by atoms with van der Waals surface area (Å²) in [6.07, 6.45) is 2.58. The van der Waals surface area contributed by atoms with Crippen LogP contribution in [0.3, 0.4) is 0 Å². The molecular weight excluding hydrogens is 230 g/mol. The van der Waals surface area contributed by atoms with Crippen molar-refractivity contribution in [1.29, 1.82) is 0 Å². The van der Waals surface area contributed by atoms with E-state index in [0.717, 1.165) is 13.1 Å². The van der Waals surface area contributed by atoms with Crippen LogP contribution in [0.1, 0.15) is 19.8 Å². The predicted octanol–water partition coefficient (Wildman–Crippen LogP) is -0.510. The second kappa shape index (κ2) is 6.30. The zero-order valence-electron chi connectivity index (χ0n) is 11.6. The van der Waals surface area contributed by atoms with Crippen molar-refractivity contribution < 1.29 is 9.84 Å². The van der Waals surface area contributed by atoms with Crippen LogP contribution < -0.4 is 5.73 Å². The van der Waals surface area contributed by atoms with Gasteiger partial charge >= 0.3 is 0 Å². The minimum absolute atomic E-state index is 0.0164. The van der Waals surface area contributed by atoms with Crippen LogP contribution in [0.25, 0.3) is 0 Å². The van der Waals surface area contributed by atoms with E-state index in [4.69, 9.17) is 10.5 Å². The molecule has 106 valence electrons. The molecule has 0 spiro atoms. The molecule has 2 aliphatic heterocycles. The molecule has 0 saturated carbocycles. The van der Waals surface area contributed by atoms with Crippen LogP contribution in [0.4, 0.5) is 0 Å². The van der Waals surface area contributed by atoms with Crippen LogP contribution >= 0.6 is 0 Å². The molecule has 0 aromatic rings. The van der Waals surface area contributed by atoms with Crippen molar-refractivity contribution in [2.75, 3.05) is 40.0 Å². The van der Waals surface area contributed by atoms with Gasteiger partial charge in [-0.05, 0) is 26.3 Å². The number of nitrogens with zero attached hydrogens (tertiary/aromatic N) is 2. The summed E-state index contributed by atoms with van der Waals surface area (Å²) in [5, 5.41) is 9.64. The third-order valence-electron chi connectivity index (χ3n) is 4.45. The van der Waals surface area contributed by atoms with E-state index in [1.165, 1.54) is 19.4 Å². The third kappa shape index (κ3) is 2.86. The number of rotatable bonds is 5. The molecule has 5 nitrogen and oxygen atoms in total. The second-order valence-electron chi connectivity index (χ2n) is 5.71. The quantitative estimate of drug-likeness (QED) is 0.694. The summed E-state index contributed by atoms with van der Waals surface area (Å²) in [6, 6.07) is 1.02. The molecule has 4 atom stereocenters. The maximum Gasteiger partial charge on any atom is 0.0629 e. The van der Waals surface area contributed by atoms with Gasteiger partial charge in [-0.15, -0.1) is 0 Å². The molecule has 0 aromatic heterocycles. The first-order valence-electron chi connectivity index (χ1n) is 7.02. The minimum atomic E-state index is -0.115. The largest absolute Gasteiger partial charge is 0.395 e. The van der Waals surface area contributed by atoms with E-state index in [0.29, 0.717) is 18.7 Å². The van der Waals surface area contributed by atoms with Gasteiger partial charge in [-0.3, -0.25) is 9.80 Å². The van der Waals surface area contributed by atoms with Crippen molar-refractivity contribution >= 4 is 0 Å². The van der Waals surface area contributed by atoms with E-state index < -0.39 is 0 Å². The van der Waals surface area contributed by atoms with Gasteiger partial charge in [0.1, 0.15) is 0 Å². The van der Waals surface area contributed by atoms with Crippen LogP contribution in [0.15, 0.2) is 0 Å². The fourth-order valence-electron chi connectivity index (χ4n) is 3.46. The highest BCUT2D eigenvalue weighted by Crippen LogP contribution is 2.26. The Kier molecular flexibility index (Phi) is 4.98. The Balaban J connectivity index is 2.00. The third-order valence-corrected chi connectivity index (χ3v) is 4.45. The lowest BCUT2D eigenvalue weighted by atomic mass is 10.0. The molecule has 2 heterocycles. The molecule has 2 aliphatic rings. The Labute approximate surface area is 110 Å². The fraction of sp³-hybridized carbons (Fsp3) is 1.00. The molecular formula is C13H27N3O2. The topological polar surface area (TPSA) is 62.0 Å². The van der Waals surface area contributed by atoms with Crippen LogP contribution in [-0.4, -0.2) is 79.0 Å². The van der Waals surface area contributed by atoms with Crippen molar-refractivity contribution in [1.82, 2.24) is 9.80 Å². The van der Waals surface area contributed by atoms with Gasteiger partial charge < -0.3 is 15.6 Å². The van der Waals surface area contributed by atoms with Crippen LogP contribution in [0.5, 0.6) is 0 Å². The lowest BCUT2D eigenvalue weighted by Crippen LogP contribution is -2.63. The number of aliphatic hydroxyl groups excluding tert-OH is 1. The van der Waals surface area contributed by atoms with Crippen LogP contribution in [0, 0.1) is 0 Å². The fourth-order valence-corrected chi connectivity index (χ4v) is 3.46.